The highest BCUT2D eigenvalue weighted by Gasteiger charge is 2.57. The molecule has 2 aromatic rings. The van der Waals surface area contributed by atoms with Gasteiger partial charge in [0.15, 0.2) is 0 Å². The van der Waals surface area contributed by atoms with Crippen LogP contribution in [0.5, 0.6) is 5.75 Å². The van der Waals surface area contributed by atoms with Crippen LogP contribution in [0, 0.1) is 0 Å². The first-order valence-electron chi connectivity index (χ1n) is 11.6. The molecule has 0 bridgehead atoms. The first-order chi connectivity index (χ1) is 16.1. The number of imide groups is 1. The minimum Gasteiger partial charge on any atom is -0.497 e. The van der Waals surface area contributed by atoms with Gasteiger partial charge in [-0.2, -0.15) is 0 Å². The van der Waals surface area contributed by atoms with E-state index in [1.54, 1.807) is 19.1 Å². The molecule has 0 aliphatic carbocycles. The smallest absolute Gasteiger partial charge is 0.328 e. The zero-order chi connectivity index (χ0) is 23.3. The van der Waals surface area contributed by atoms with Crippen LogP contribution < -0.4 is 4.74 Å². The number of nitrogens with zero attached hydrogens (tertiary/aromatic N) is 3. The number of piperidine rings is 1. The Hall–Kier alpha value is -2.90. The summed E-state index contributed by atoms with van der Waals surface area (Å²) < 4.78 is 10.6. The minimum absolute atomic E-state index is 0.0888. The second-order valence-electron chi connectivity index (χ2n) is 8.78. The number of ether oxygens (including phenoxy) is 2. The number of hydrogen-bond acceptors (Lipinski definition) is 5. The third-order valence-corrected chi connectivity index (χ3v) is 6.86. The molecule has 3 amide bonds. The van der Waals surface area contributed by atoms with Gasteiger partial charge in [0.05, 0.1) is 20.3 Å². The zero-order valence-electron chi connectivity index (χ0n) is 19.5. The Morgan fingerprint density at radius 1 is 0.909 bits per heavy atom. The molecule has 2 aliphatic rings. The lowest BCUT2D eigenvalue weighted by Crippen LogP contribution is -2.57. The molecule has 2 fully saturated rings. The molecule has 7 nitrogen and oxygen atoms in total. The largest absolute Gasteiger partial charge is 0.497 e. The quantitative estimate of drug-likeness (QED) is 0.548. The van der Waals surface area contributed by atoms with Gasteiger partial charge in [-0.3, -0.25) is 9.69 Å². The maximum atomic E-state index is 13.7. The van der Waals surface area contributed by atoms with Crippen LogP contribution in [0.15, 0.2) is 54.6 Å². The highest BCUT2D eigenvalue weighted by atomic mass is 16.5. The normalized spacial score (nSPS) is 18.4. The summed E-state index contributed by atoms with van der Waals surface area (Å²) in [5.41, 5.74) is 1.41. The van der Waals surface area contributed by atoms with Crippen molar-refractivity contribution in [1.29, 1.82) is 0 Å². The summed E-state index contributed by atoms with van der Waals surface area (Å²) in [7, 11) is 3.23. The van der Waals surface area contributed by atoms with Crippen molar-refractivity contribution in [2.45, 2.75) is 31.3 Å². The maximum absolute atomic E-state index is 13.7. The summed E-state index contributed by atoms with van der Waals surface area (Å²) in [6.45, 7) is 3.61. The van der Waals surface area contributed by atoms with Crippen LogP contribution >= 0.6 is 0 Å². The molecule has 0 saturated carbocycles. The molecule has 0 atom stereocenters. The van der Waals surface area contributed by atoms with Crippen LogP contribution in [0.3, 0.4) is 0 Å². The van der Waals surface area contributed by atoms with Gasteiger partial charge in [0, 0.05) is 33.3 Å². The van der Waals surface area contributed by atoms with Crippen molar-refractivity contribution in [3.05, 3.63) is 65.7 Å². The van der Waals surface area contributed by atoms with Gasteiger partial charge in [-0.1, -0.05) is 42.5 Å². The van der Waals surface area contributed by atoms with Gasteiger partial charge in [-0.05, 0) is 42.5 Å². The van der Waals surface area contributed by atoms with Gasteiger partial charge in [-0.15, -0.1) is 0 Å². The number of benzene rings is 2. The summed E-state index contributed by atoms with van der Waals surface area (Å²) in [4.78, 5) is 32.6. The van der Waals surface area contributed by atoms with Gasteiger partial charge in [-0.25, -0.2) is 4.79 Å². The standard InChI is InChI=1S/C26H33N3O4/c1-32-18-17-29-25(31)28(20-22-9-6-10-23(19-22)33-2)24(30)26(29)12-15-27(16-13-26)14-11-21-7-4-3-5-8-21/h3-10,19H,11-18,20H2,1-2H3. The van der Waals surface area contributed by atoms with Crippen LogP contribution in [0.25, 0.3) is 0 Å². The average Bonchev–Trinajstić information content (AvgIpc) is 3.04. The molecule has 0 radical (unpaired) electrons. The number of methoxy groups -OCH3 is 2. The van der Waals surface area contributed by atoms with Gasteiger partial charge < -0.3 is 19.3 Å². The fourth-order valence-electron chi connectivity index (χ4n) is 4.93. The second-order valence-corrected chi connectivity index (χ2v) is 8.78. The number of hydrogen-bond donors (Lipinski definition) is 0. The molecule has 33 heavy (non-hydrogen) atoms. The van der Waals surface area contributed by atoms with Crippen molar-refractivity contribution in [1.82, 2.24) is 14.7 Å². The van der Waals surface area contributed by atoms with E-state index in [1.165, 1.54) is 10.5 Å². The zero-order valence-corrected chi connectivity index (χ0v) is 19.5. The first kappa shape index (κ1) is 23.3. The molecule has 2 saturated heterocycles. The molecule has 2 aromatic carbocycles. The summed E-state index contributed by atoms with van der Waals surface area (Å²) in [6.07, 6.45) is 2.27. The number of urea groups is 1. The lowest BCUT2D eigenvalue weighted by atomic mass is 9.85. The third-order valence-electron chi connectivity index (χ3n) is 6.86. The number of carbonyl (C=O) groups is 2. The monoisotopic (exact) mass is 451 g/mol. The lowest BCUT2D eigenvalue weighted by Gasteiger charge is -2.42. The van der Waals surface area contributed by atoms with E-state index in [0.717, 1.165) is 31.6 Å². The number of carbonyl (C=O) groups excluding carboxylic acids is 2. The Balaban J connectivity index is 1.47. The van der Waals surface area contributed by atoms with Crippen molar-refractivity contribution in [3.8, 4) is 5.75 Å². The summed E-state index contributed by atoms with van der Waals surface area (Å²) in [5.74, 6) is 0.624. The number of amides is 3. The Bertz CT molecular complexity index is 957. The molecule has 0 unspecified atom stereocenters. The topological polar surface area (TPSA) is 62.3 Å². The minimum atomic E-state index is -0.780. The van der Waals surface area contributed by atoms with Crippen molar-refractivity contribution in [2.75, 3.05) is 47.0 Å². The molecule has 176 valence electrons. The SMILES string of the molecule is COCCN1C(=O)N(Cc2cccc(OC)c2)C(=O)C12CCN(CCc1ccccc1)CC2. The van der Waals surface area contributed by atoms with Crippen molar-refractivity contribution < 1.29 is 19.1 Å². The van der Waals surface area contributed by atoms with E-state index in [9.17, 15) is 9.59 Å². The fourth-order valence-corrected chi connectivity index (χ4v) is 4.93. The van der Waals surface area contributed by atoms with E-state index in [4.69, 9.17) is 9.47 Å². The molecule has 0 N–H and O–H groups in total. The van der Waals surface area contributed by atoms with Gasteiger partial charge in [0.1, 0.15) is 11.3 Å². The number of rotatable bonds is 9. The van der Waals surface area contributed by atoms with E-state index < -0.39 is 5.54 Å². The predicted molar refractivity (Wildman–Crippen MR) is 126 cm³/mol. The molecule has 2 aliphatic heterocycles. The van der Waals surface area contributed by atoms with Crippen LogP contribution in [-0.4, -0.2) is 79.2 Å². The Morgan fingerprint density at radius 2 is 1.64 bits per heavy atom. The van der Waals surface area contributed by atoms with Crippen LogP contribution in [-0.2, 0) is 22.5 Å². The molecule has 1 spiro atoms. The van der Waals surface area contributed by atoms with Crippen LogP contribution in [0.4, 0.5) is 4.79 Å². The van der Waals surface area contributed by atoms with E-state index in [-0.39, 0.29) is 18.5 Å². The Morgan fingerprint density at radius 3 is 2.33 bits per heavy atom. The highest BCUT2D eigenvalue weighted by Crippen LogP contribution is 2.38. The van der Waals surface area contributed by atoms with Crippen LogP contribution in [0.1, 0.15) is 24.0 Å². The van der Waals surface area contributed by atoms with Gasteiger partial charge >= 0.3 is 6.03 Å². The van der Waals surface area contributed by atoms with Gasteiger partial charge in [0.2, 0.25) is 0 Å². The summed E-state index contributed by atoms with van der Waals surface area (Å²) in [6, 6.07) is 17.7. The number of likely N-dealkylation sites (tertiary alicyclic amines) is 1. The highest BCUT2D eigenvalue weighted by molar-refractivity contribution is 6.07. The Labute approximate surface area is 195 Å². The van der Waals surface area contributed by atoms with Crippen LogP contribution in [0.2, 0.25) is 0 Å². The molecular formula is C26H33N3O4. The average molecular weight is 452 g/mol. The van der Waals surface area contributed by atoms with E-state index in [1.807, 2.05) is 30.3 Å². The molecule has 7 heteroatoms. The second kappa shape index (κ2) is 10.4. The predicted octanol–water partition coefficient (Wildman–Crippen LogP) is 3.18. The molecular weight excluding hydrogens is 418 g/mol. The van der Waals surface area contributed by atoms with E-state index >= 15 is 0 Å². The van der Waals surface area contributed by atoms with Crippen molar-refractivity contribution >= 4 is 11.9 Å². The Kier molecular flexibility index (Phi) is 7.30. The molecule has 2 heterocycles. The molecule has 4 rings (SSSR count). The lowest BCUT2D eigenvalue weighted by molar-refractivity contribution is -0.136. The van der Waals surface area contributed by atoms with E-state index in [2.05, 4.69) is 29.2 Å². The molecule has 0 aromatic heterocycles. The van der Waals surface area contributed by atoms with Gasteiger partial charge in [0.25, 0.3) is 5.91 Å². The van der Waals surface area contributed by atoms with Crippen molar-refractivity contribution in [3.63, 3.8) is 0 Å². The third kappa shape index (κ3) is 4.89. The first-order valence-corrected chi connectivity index (χ1v) is 11.6. The summed E-state index contributed by atoms with van der Waals surface area (Å²) in [5, 5.41) is 0. The fraction of sp³-hybridized carbons (Fsp3) is 0.462. The van der Waals surface area contributed by atoms with E-state index in [0.29, 0.717) is 31.7 Å². The maximum Gasteiger partial charge on any atom is 0.328 e. The van der Waals surface area contributed by atoms with Crippen molar-refractivity contribution in [2.24, 2.45) is 0 Å². The summed E-state index contributed by atoms with van der Waals surface area (Å²) >= 11 is 0.